The molecule has 10 nitrogen and oxygen atoms in total. The van der Waals surface area contributed by atoms with Crippen molar-refractivity contribution in [3.63, 3.8) is 0 Å². The van der Waals surface area contributed by atoms with E-state index in [0.717, 1.165) is 0 Å². The molecule has 164 valence electrons. The van der Waals surface area contributed by atoms with Gasteiger partial charge in [0.05, 0.1) is 13.2 Å². The minimum Gasteiger partial charge on any atom is -0.381 e. The molecule has 12 heteroatoms. The molecule has 0 bridgehead atoms. The second-order valence-electron chi connectivity index (χ2n) is 7.93. The molecule has 0 radical (unpaired) electrons. The van der Waals surface area contributed by atoms with Crippen LogP contribution in [0.2, 0.25) is 0 Å². The van der Waals surface area contributed by atoms with Gasteiger partial charge in [-0.05, 0) is 30.1 Å². The summed E-state index contributed by atoms with van der Waals surface area (Å²) in [6.07, 6.45) is 1.89. The average molecular weight is 436 g/mol. The maximum absolute atomic E-state index is 10.7. The molecular weight excluding hydrogens is 402 g/mol. The highest BCUT2D eigenvalue weighted by molar-refractivity contribution is 7.46. The first-order valence-electron chi connectivity index (χ1n) is 8.68. The van der Waals surface area contributed by atoms with Crippen LogP contribution in [-0.4, -0.2) is 59.2 Å². The van der Waals surface area contributed by atoms with E-state index in [2.05, 4.69) is 9.05 Å². The van der Waals surface area contributed by atoms with Gasteiger partial charge < -0.3 is 29.0 Å². The quantitative estimate of drug-likeness (QED) is 0.210. The molecule has 0 heterocycles. The smallest absolute Gasteiger partial charge is 0.381 e. The normalized spacial score (nSPS) is 13.9. The lowest BCUT2D eigenvalue weighted by Crippen LogP contribution is -2.21. The summed E-state index contributed by atoms with van der Waals surface area (Å²) in [6.45, 7) is 9.16. The first kappa shape index (κ1) is 27.1. The van der Waals surface area contributed by atoms with E-state index in [-0.39, 0.29) is 13.2 Å². The maximum atomic E-state index is 10.7. The van der Waals surface area contributed by atoms with Crippen molar-refractivity contribution >= 4 is 15.6 Å². The molecule has 0 aromatic heterocycles. The molecular formula is C15H34O10P2. The third kappa shape index (κ3) is 19.2. The van der Waals surface area contributed by atoms with E-state index in [1.54, 1.807) is 0 Å². The van der Waals surface area contributed by atoms with Gasteiger partial charge in [0, 0.05) is 26.4 Å². The Balaban J connectivity index is 3.67. The summed E-state index contributed by atoms with van der Waals surface area (Å²) >= 11 is 0. The van der Waals surface area contributed by atoms with Crippen molar-refractivity contribution in [1.29, 1.82) is 0 Å². The third-order valence-electron chi connectivity index (χ3n) is 3.67. The first-order valence-corrected chi connectivity index (χ1v) is 11.7. The molecule has 0 aliphatic rings. The van der Waals surface area contributed by atoms with Crippen molar-refractivity contribution in [2.45, 2.75) is 47.0 Å². The Bertz CT molecular complexity index is 453. The molecule has 0 spiro atoms. The zero-order chi connectivity index (χ0) is 21.2. The molecule has 0 atom stereocenters. The maximum Gasteiger partial charge on any atom is 0.469 e. The molecule has 0 aromatic carbocycles. The van der Waals surface area contributed by atoms with Crippen LogP contribution in [0.15, 0.2) is 0 Å². The van der Waals surface area contributed by atoms with Gasteiger partial charge in [0.1, 0.15) is 0 Å². The number of phosphoric ester groups is 2. The molecule has 0 saturated heterocycles. The summed E-state index contributed by atoms with van der Waals surface area (Å²) in [5.74, 6) is 0. The predicted octanol–water partition coefficient (Wildman–Crippen LogP) is 2.46. The van der Waals surface area contributed by atoms with Crippen molar-refractivity contribution in [1.82, 2.24) is 0 Å². The molecule has 0 fully saturated rings. The highest BCUT2D eigenvalue weighted by Gasteiger charge is 2.25. The van der Waals surface area contributed by atoms with E-state index < -0.39 is 26.5 Å². The largest absolute Gasteiger partial charge is 0.469 e. The van der Waals surface area contributed by atoms with E-state index in [0.29, 0.717) is 45.7 Å². The number of ether oxygens (including phenoxy) is 2. The Labute approximate surface area is 161 Å². The van der Waals surface area contributed by atoms with Gasteiger partial charge in [0.15, 0.2) is 0 Å². The van der Waals surface area contributed by atoms with Crippen LogP contribution in [0.5, 0.6) is 0 Å². The average Bonchev–Trinajstić information content (AvgIpc) is 2.48. The SMILES string of the molecule is CC(C)(CCOCCCOCCC(C)(C)COP(=O)(O)O)COP(=O)(O)O. The van der Waals surface area contributed by atoms with Gasteiger partial charge in [-0.25, -0.2) is 9.13 Å². The number of rotatable bonds is 16. The second kappa shape index (κ2) is 12.0. The zero-order valence-electron chi connectivity index (χ0n) is 16.5. The van der Waals surface area contributed by atoms with E-state index in [9.17, 15) is 9.13 Å². The van der Waals surface area contributed by atoms with Crippen LogP contribution < -0.4 is 0 Å². The summed E-state index contributed by atoms with van der Waals surface area (Å²) in [5, 5.41) is 0. The number of hydrogen-bond donors (Lipinski definition) is 4. The Morgan fingerprint density at radius 3 is 1.30 bits per heavy atom. The topological polar surface area (TPSA) is 152 Å². The fraction of sp³-hybridized carbons (Fsp3) is 1.00. The lowest BCUT2D eigenvalue weighted by atomic mass is 9.91. The number of hydrogen-bond acceptors (Lipinski definition) is 6. The minimum atomic E-state index is -4.45. The number of phosphoric acid groups is 2. The summed E-state index contributed by atoms with van der Waals surface area (Å²) in [7, 11) is -8.90. The van der Waals surface area contributed by atoms with Crippen molar-refractivity contribution in [2.24, 2.45) is 10.8 Å². The Kier molecular flexibility index (Phi) is 12.0. The van der Waals surface area contributed by atoms with Crippen LogP contribution in [-0.2, 0) is 27.7 Å². The Morgan fingerprint density at radius 2 is 1.00 bits per heavy atom. The van der Waals surface area contributed by atoms with Crippen molar-refractivity contribution in [3.05, 3.63) is 0 Å². The van der Waals surface area contributed by atoms with Gasteiger partial charge >= 0.3 is 15.6 Å². The summed E-state index contributed by atoms with van der Waals surface area (Å²) < 4.78 is 41.4. The second-order valence-corrected chi connectivity index (χ2v) is 10.4. The van der Waals surface area contributed by atoms with E-state index in [1.165, 1.54) is 0 Å². The molecule has 0 aliphatic heterocycles. The fourth-order valence-electron chi connectivity index (χ4n) is 1.83. The molecule has 0 amide bonds. The molecule has 0 unspecified atom stereocenters. The van der Waals surface area contributed by atoms with Gasteiger partial charge in [-0.3, -0.25) is 9.05 Å². The van der Waals surface area contributed by atoms with Gasteiger partial charge in [0.2, 0.25) is 0 Å². The fourth-order valence-corrected chi connectivity index (χ4v) is 2.86. The molecule has 27 heavy (non-hydrogen) atoms. The summed E-state index contributed by atoms with van der Waals surface area (Å²) in [6, 6.07) is 0. The predicted molar refractivity (Wildman–Crippen MR) is 99.0 cm³/mol. The van der Waals surface area contributed by atoms with Crippen LogP contribution in [0.3, 0.4) is 0 Å². The van der Waals surface area contributed by atoms with Crippen molar-refractivity contribution < 1.29 is 47.2 Å². The standard InChI is InChI=1S/C15H34O10P2/c1-14(2,12-24-26(16,17)18)6-10-22-8-5-9-23-11-7-15(3,4)13-25-27(19,20)21/h5-13H2,1-4H3,(H2,16,17,18)(H2,19,20,21). The first-order chi connectivity index (χ1) is 12.1. The van der Waals surface area contributed by atoms with Gasteiger partial charge in [-0.15, -0.1) is 0 Å². The van der Waals surface area contributed by atoms with Crippen molar-refractivity contribution in [3.8, 4) is 0 Å². The van der Waals surface area contributed by atoms with Crippen LogP contribution in [0.4, 0.5) is 0 Å². The lowest BCUT2D eigenvalue weighted by Gasteiger charge is -2.24. The highest BCUT2D eigenvalue weighted by atomic mass is 31.2. The molecule has 0 aromatic rings. The minimum absolute atomic E-state index is 0.0503. The summed E-state index contributed by atoms with van der Waals surface area (Å²) in [5.41, 5.74) is -0.809. The lowest BCUT2D eigenvalue weighted by molar-refractivity contribution is 0.0434. The molecule has 0 aliphatic carbocycles. The third-order valence-corrected chi connectivity index (χ3v) is 4.60. The van der Waals surface area contributed by atoms with Gasteiger partial charge in [-0.1, -0.05) is 27.7 Å². The van der Waals surface area contributed by atoms with Crippen LogP contribution in [0.1, 0.15) is 47.0 Å². The molecule has 4 N–H and O–H groups in total. The van der Waals surface area contributed by atoms with E-state index >= 15 is 0 Å². The molecule has 0 saturated carbocycles. The zero-order valence-corrected chi connectivity index (χ0v) is 18.3. The van der Waals surface area contributed by atoms with Gasteiger partial charge in [0.25, 0.3) is 0 Å². The molecule has 0 rings (SSSR count). The van der Waals surface area contributed by atoms with Crippen LogP contribution in [0.25, 0.3) is 0 Å². The van der Waals surface area contributed by atoms with Crippen molar-refractivity contribution in [2.75, 3.05) is 39.6 Å². The Hall–Kier alpha value is 0.140. The van der Waals surface area contributed by atoms with Gasteiger partial charge in [-0.2, -0.15) is 0 Å². The summed E-state index contributed by atoms with van der Waals surface area (Å²) in [4.78, 5) is 34.8. The van der Waals surface area contributed by atoms with Crippen LogP contribution in [0, 0.1) is 10.8 Å². The van der Waals surface area contributed by atoms with Crippen LogP contribution >= 0.6 is 15.6 Å². The Morgan fingerprint density at radius 1 is 0.667 bits per heavy atom. The van der Waals surface area contributed by atoms with E-state index in [1.807, 2.05) is 27.7 Å². The highest BCUT2D eigenvalue weighted by Crippen LogP contribution is 2.39. The van der Waals surface area contributed by atoms with E-state index in [4.69, 9.17) is 29.0 Å². The monoisotopic (exact) mass is 436 g/mol.